The maximum Gasteiger partial charge on any atom is 0.472 e. The van der Waals surface area contributed by atoms with Gasteiger partial charge in [-0.05, 0) is 83.5 Å². The van der Waals surface area contributed by atoms with Gasteiger partial charge in [-0.25, -0.2) is 4.57 Å². The van der Waals surface area contributed by atoms with Gasteiger partial charge in [-0.3, -0.25) is 18.6 Å². The molecule has 0 aliphatic heterocycles. The minimum absolute atomic E-state index is 0.0327. The number of unbranched alkanes of at least 4 members (excludes halogenated alkanes) is 8. The van der Waals surface area contributed by atoms with Crippen LogP contribution in [0, 0.1) is 0 Å². The zero-order chi connectivity index (χ0) is 40.3. The van der Waals surface area contributed by atoms with Crippen LogP contribution in [0.3, 0.4) is 0 Å². The van der Waals surface area contributed by atoms with Gasteiger partial charge in [-0.15, -0.1) is 0 Å². The second-order valence-electron chi connectivity index (χ2n) is 13.1. The van der Waals surface area contributed by atoms with E-state index in [1.54, 1.807) is 0 Å². The third-order valence-corrected chi connectivity index (χ3v) is 8.94. The van der Waals surface area contributed by atoms with Gasteiger partial charge in [-0.2, -0.15) is 0 Å². The molecule has 0 aliphatic carbocycles. The smallest absolute Gasteiger partial charge is 0.462 e. The van der Waals surface area contributed by atoms with Crippen LogP contribution < -0.4 is 5.73 Å². The zero-order valence-corrected chi connectivity index (χ0v) is 35.0. The summed E-state index contributed by atoms with van der Waals surface area (Å²) in [5.41, 5.74) is 5.33. The number of nitrogens with two attached hydrogens (primary N) is 1. The number of ether oxygens (including phenoxy) is 2. The number of phosphoric ester groups is 1. The molecular formula is C45H74NO8P. The van der Waals surface area contributed by atoms with Crippen molar-refractivity contribution < 1.29 is 37.6 Å². The Balaban J connectivity index is 4.39. The summed E-state index contributed by atoms with van der Waals surface area (Å²) >= 11 is 0. The molecule has 0 aromatic heterocycles. The van der Waals surface area contributed by atoms with Gasteiger partial charge in [0.1, 0.15) is 6.61 Å². The first-order chi connectivity index (χ1) is 26.8. The Bertz CT molecular complexity index is 1220. The van der Waals surface area contributed by atoms with Gasteiger partial charge in [0.2, 0.25) is 0 Å². The SMILES string of the molecule is CC/C=C\C/C=C\C/C=C\C/C=C\C/C=C\CCCC(=O)OC[C@H](COP(=O)(O)OCCN)OC(=O)CCC/C=C\C/C=C\C/C=C\CCCCCCCC. The van der Waals surface area contributed by atoms with Crippen LogP contribution >= 0.6 is 7.82 Å². The van der Waals surface area contributed by atoms with Crippen LogP contribution in [-0.4, -0.2) is 49.3 Å². The predicted octanol–water partition coefficient (Wildman–Crippen LogP) is 11.8. The van der Waals surface area contributed by atoms with Gasteiger partial charge in [-0.1, -0.05) is 143 Å². The molecule has 0 aromatic rings. The maximum absolute atomic E-state index is 12.5. The van der Waals surface area contributed by atoms with Gasteiger partial charge in [0, 0.05) is 19.4 Å². The van der Waals surface area contributed by atoms with Crippen molar-refractivity contribution in [2.24, 2.45) is 5.73 Å². The molecule has 10 heteroatoms. The first-order valence-corrected chi connectivity index (χ1v) is 22.2. The second-order valence-corrected chi connectivity index (χ2v) is 14.6. The molecule has 0 saturated heterocycles. The van der Waals surface area contributed by atoms with Crippen molar-refractivity contribution in [3.63, 3.8) is 0 Å². The molecule has 0 amide bonds. The monoisotopic (exact) mass is 788 g/mol. The van der Waals surface area contributed by atoms with Crippen molar-refractivity contribution in [1.82, 2.24) is 0 Å². The molecule has 312 valence electrons. The fourth-order valence-electron chi connectivity index (χ4n) is 4.92. The third-order valence-electron chi connectivity index (χ3n) is 7.95. The highest BCUT2D eigenvalue weighted by Gasteiger charge is 2.25. The topological polar surface area (TPSA) is 134 Å². The number of hydrogen-bond donors (Lipinski definition) is 2. The van der Waals surface area contributed by atoms with E-state index in [2.05, 4.69) is 98.9 Å². The van der Waals surface area contributed by atoms with E-state index in [9.17, 15) is 19.0 Å². The second kappa shape index (κ2) is 40.6. The van der Waals surface area contributed by atoms with E-state index in [0.717, 1.165) is 57.8 Å². The van der Waals surface area contributed by atoms with E-state index in [1.165, 1.54) is 38.5 Å². The van der Waals surface area contributed by atoms with Crippen molar-refractivity contribution in [1.29, 1.82) is 0 Å². The normalized spacial score (nSPS) is 14.3. The molecule has 55 heavy (non-hydrogen) atoms. The third kappa shape index (κ3) is 40.4. The highest BCUT2D eigenvalue weighted by Crippen LogP contribution is 2.43. The van der Waals surface area contributed by atoms with Crippen LogP contribution in [0.1, 0.15) is 142 Å². The predicted molar refractivity (Wildman–Crippen MR) is 228 cm³/mol. The average molecular weight is 788 g/mol. The minimum atomic E-state index is -4.41. The van der Waals surface area contributed by atoms with Crippen LogP contribution in [0.2, 0.25) is 0 Å². The van der Waals surface area contributed by atoms with E-state index >= 15 is 0 Å². The molecular weight excluding hydrogens is 713 g/mol. The highest BCUT2D eigenvalue weighted by molar-refractivity contribution is 7.47. The molecule has 0 aromatic carbocycles. The van der Waals surface area contributed by atoms with Gasteiger partial charge in [0.15, 0.2) is 6.10 Å². The Kier molecular flexibility index (Phi) is 38.3. The first kappa shape index (κ1) is 51.9. The number of esters is 2. The van der Waals surface area contributed by atoms with E-state index in [1.807, 2.05) is 12.2 Å². The van der Waals surface area contributed by atoms with Crippen LogP contribution in [0.15, 0.2) is 97.2 Å². The Morgan fingerprint density at radius 2 is 1.00 bits per heavy atom. The maximum atomic E-state index is 12.5. The van der Waals surface area contributed by atoms with Gasteiger partial charge >= 0.3 is 19.8 Å². The summed E-state index contributed by atoms with van der Waals surface area (Å²) in [6.45, 7) is 3.46. The standard InChI is InChI=1S/C45H74NO8P/c1-3-5-7-9-11-13-15-17-19-21-23-25-27-29-31-33-35-37-44(47)51-41-43(42-53-55(49,50)52-40-39-46)54-45(48)38-36-34-32-30-28-26-24-22-20-18-16-14-12-10-8-6-4-2/h5,7,11,13,17-20,23-26,29-32,43H,3-4,6,8-10,12,14-16,21-22,27-28,33-42,46H2,1-2H3,(H,49,50)/b7-5-,13-11-,19-17-,20-18-,25-23-,26-24-,31-29-,32-30-/t43-/m1/s1. The lowest BCUT2D eigenvalue weighted by atomic mass is 10.1. The lowest BCUT2D eigenvalue weighted by molar-refractivity contribution is -0.161. The average Bonchev–Trinajstić information content (AvgIpc) is 3.17. The molecule has 9 nitrogen and oxygen atoms in total. The molecule has 0 spiro atoms. The Morgan fingerprint density at radius 3 is 1.49 bits per heavy atom. The van der Waals surface area contributed by atoms with Crippen molar-refractivity contribution in [2.75, 3.05) is 26.4 Å². The quantitative estimate of drug-likeness (QED) is 0.0273. The fourth-order valence-corrected chi connectivity index (χ4v) is 5.68. The van der Waals surface area contributed by atoms with Crippen molar-refractivity contribution in [3.8, 4) is 0 Å². The Labute approximate surface area is 334 Å². The highest BCUT2D eigenvalue weighted by atomic mass is 31.2. The first-order valence-electron chi connectivity index (χ1n) is 20.7. The summed E-state index contributed by atoms with van der Waals surface area (Å²) in [4.78, 5) is 34.8. The van der Waals surface area contributed by atoms with Crippen LogP contribution in [0.5, 0.6) is 0 Å². The van der Waals surface area contributed by atoms with Crippen LogP contribution in [0.4, 0.5) is 0 Å². The molecule has 0 bridgehead atoms. The lowest BCUT2D eigenvalue weighted by Gasteiger charge is -2.19. The summed E-state index contributed by atoms with van der Waals surface area (Å²) in [6, 6.07) is 0. The summed E-state index contributed by atoms with van der Waals surface area (Å²) in [6.07, 6.45) is 51.7. The number of hydrogen-bond acceptors (Lipinski definition) is 8. The molecule has 0 radical (unpaired) electrons. The number of carbonyl (C=O) groups excluding carboxylic acids is 2. The lowest BCUT2D eigenvalue weighted by Crippen LogP contribution is -2.29. The number of allylic oxidation sites excluding steroid dienone is 16. The molecule has 3 N–H and O–H groups in total. The number of rotatable bonds is 37. The van der Waals surface area contributed by atoms with Gasteiger partial charge in [0.25, 0.3) is 0 Å². The van der Waals surface area contributed by atoms with Crippen molar-refractivity contribution in [2.45, 2.75) is 148 Å². The minimum Gasteiger partial charge on any atom is -0.462 e. The van der Waals surface area contributed by atoms with E-state index < -0.39 is 32.5 Å². The van der Waals surface area contributed by atoms with E-state index in [4.69, 9.17) is 24.3 Å². The van der Waals surface area contributed by atoms with Crippen LogP contribution in [0.25, 0.3) is 0 Å². The summed E-state index contributed by atoms with van der Waals surface area (Å²) in [7, 11) is -4.41. The Hall–Kier alpha value is -3.07. The molecule has 2 atom stereocenters. The van der Waals surface area contributed by atoms with E-state index in [-0.39, 0.29) is 32.6 Å². The number of carbonyl (C=O) groups is 2. The molecule has 0 fully saturated rings. The molecule has 1 unspecified atom stereocenters. The zero-order valence-electron chi connectivity index (χ0n) is 34.1. The van der Waals surface area contributed by atoms with E-state index in [0.29, 0.717) is 19.3 Å². The molecule has 0 heterocycles. The summed E-state index contributed by atoms with van der Waals surface area (Å²) in [5.74, 6) is -0.969. The molecule has 0 rings (SSSR count). The summed E-state index contributed by atoms with van der Waals surface area (Å²) in [5, 5.41) is 0. The molecule has 0 aliphatic rings. The number of phosphoric acid groups is 1. The van der Waals surface area contributed by atoms with Gasteiger partial charge < -0.3 is 20.1 Å². The summed E-state index contributed by atoms with van der Waals surface area (Å²) < 4.78 is 32.6. The Morgan fingerprint density at radius 1 is 0.564 bits per heavy atom. The van der Waals surface area contributed by atoms with Crippen molar-refractivity contribution >= 4 is 19.8 Å². The van der Waals surface area contributed by atoms with Gasteiger partial charge in [0.05, 0.1) is 13.2 Å². The van der Waals surface area contributed by atoms with Crippen LogP contribution in [-0.2, 0) is 32.7 Å². The van der Waals surface area contributed by atoms with Crippen molar-refractivity contribution in [3.05, 3.63) is 97.2 Å². The largest absolute Gasteiger partial charge is 0.472 e. The fraction of sp³-hybridized carbons (Fsp3) is 0.600. The molecule has 0 saturated carbocycles.